The first kappa shape index (κ1) is 26.9. The normalized spacial score (nSPS) is 21.7. The van der Waals surface area contributed by atoms with E-state index in [0.717, 1.165) is 36.6 Å². The summed E-state index contributed by atoms with van der Waals surface area (Å²) in [6.07, 6.45) is 5.85. The number of carbonyl (C=O) groups excluding carboxylic acids is 1. The fraction of sp³-hybridized carbons (Fsp3) is 0.500. The molecule has 0 saturated heterocycles. The number of hydrogen-bond acceptors (Lipinski definition) is 10. The third-order valence-electron chi connectivity index (χ3n) is 6.76. The summed E-state index contributed by atoms with van der Waals surface area (Å²) >= 11 is 3.37. The van der Waals surface area contributed by atoms with Crippen LogP contribution in [-0.4, -0.2) is 51.4 Å². The van der Waals surface area contributed by atoms with Gasteiger partial charge in [-0.3, -0.25) is 9.32 Å². The summed E-state index contributed by atoms with van der Waals surface area (Å²) < 4.78 is 38.9. The second-order valence-corrected chi connectivity index (χ2v) is 12.2. The van der Waals surface area contributed by atoms with Crippen molar-refractivity contribution >= 4 is 46.8 Å². The Morgan fingerprint density at radius 1 is 1.26 bits per heavy atom. The number of nitrogens with two attached hydrogens (primary N) is 1. The Kier molecular flexibility index (Phi) is 7.90. The Bertz CT molecular complexity index is 1340. The number of imidazole rings is 1. The van der Waals surface area contributed by atoms with E-state index in [1.807, 2.05) is 4.57 Å². The maximum Gasteiger partial charge on any atom is 0.459 e. The van der Waals surface area contributed by atoms with Gasteiger partial charge in [0.1, 0.15) is 17.9 Å². The summed E-state index contributed by atoms with van der Waals surface area (Å²) in [6, 6.07) is 6.12. The number of anilines is 1. The molecule has 0 bridgehead atoms. The van der Waals surface area contributed by atoms with E-state index in [0.29, 0.717) is 22.8 Å². The molecule has 38 heavy (non-hydrogen) atoms. The van der Waals surface area contributed by atoms with Gasteiger partial charge in [-0.25, -0.2) is 9.55 Å². The van der Waals surface area contributed by atoms with Crippen molar-refractivity contribution in [2.45, 2.75) is 57.2 Å². The van der Waals surface area contributed by atoms with Crippen LogP contribution in [-0.2, 0) is 18.6 Å². The van der Waals surface area contributed by atoms with Gasteiger partial charge in [0.2, 0.25) is 11.8 Å². The first-order chi connectivity index (χ1) is 18.2. The largest absolute Gasteiger partial charge is 0.479 e. The molecule has 2 saturated carbocycles. The lowest BCUT2D eigenvalue weighted by Crippen LogP contribution is -2.39. The molecule has 3 N–H and O–H groups in total. The van der Waals surface area contributed by atoms with Gasteiger partial charge in [-0.05, 0) is 69.2 Å². The van der Waals surface area contributed by atoms with E-state index >= 15 is 0 Å². The van der Waals surface area contributed by atoms with Crippen LogP contribution in [0.3, 0.4) is 0 Å². The number of benzene rings is 1. The van der Waals surface area contributed by atoms with Crippen LogP contribution in [0.5, 0.6) is 11.6 Å². The van der Waals surface area contributed by atoms with Crippen molar-refractivity contribution in [2.75, 3.05) is 19.5 Å². The highest BCUT2D eigenvalue weighted by molar-refractivity contribution is 9.10. The summed E-state index contributed by atoms with van der Waals surface area (Å²) in [4.78, 5) is 25.3. The molecular weight excluding hydrogens is 579 g/mol. The Labute approximate surface area is 228 Å². The zero-order chi connectivity index (χ0) is 26.9. The third-order valence-corrected chi connectivity index (χ3v) is 8.94. The average molecular weight is 609 g/mol. The van der Waals surface area contributed by atoms with Crippen LogP contribution in [0.25, 0.3) is 11.2 Å². The predicted octanol–water partition coefficient (Wildman–Crippen LogP) is 4.41. The van der Waals surface area contributed by atoms with E-state index in [1.165, 1.54) is 7.11 Å². The second kappa shape index (κ2) is 11.2. The molecule has 2 aliphatic rings. The van der Waals surface area contributed by atoms with Gasteiger partial charge in [0.25, 0.3) is 0 Å². The smallest absolute Gasteiger partial charge is 0.459 e. The lowest BCUT2D eigenvalue weighted by Gasteiger charge is -2.36. The number of aromatic nitrogens is 4. The van der Waals surface area contributed by atoms with Gasteiger partial charge in [-0.2, -0.15) is 15.1 Å². The highest BCUT2D eigenvalue weighted by Gasteiger charge is 2.38. The number of fused-ring (bicyclic) bond motifs is 1. The molecule has 0 spiro atoms. The molecule has 14 heteroatoms. The lowest BCUT2D eigenvalue weighted by atomic mass is 9.81. The number of esters is 1. The molecule has 0 radical (unpaired) electrons. The summed E-state index contributed by atoms with van der Waals surface area (Å²) in [6.45, 7) is 1.77. The van der Waals surface area contributed by atoms with Crippen molar-refractivity contribution in [1.29, 1.82) is 0 Å². The van der Waals surface area contributed by atoms with Crippen molar-refractivity contribution in [3.05, 3.63) is 35.1 Å². The van der Waals surface area contributed by atoms with Crippen LogP contribution in [0, 0.1) is 5.92 Å². The van der Waals surface area contributed by atoms with Crippen molar-refractivity contribution in [3.63, 3.8) is 0 Å². The standard InChI is InChI=1S/C24H30BrN6O6P/c1-14(23(32)36-18-4-3-5-18)30-38(33,37-19-8-6-16(25)7-9-19)35-12-15-10-17(11-15)31-13-27-20-21(31)28-24(26)29-22(20)34-2/h6-9,13-15,17-18H,3-5,10-12H2,1-2H3,(H,30,33)(H2,26,28,29)/t14-,15-,17+,38?/m0/s1. The Morgan fingerprint density at radius 3 is 2.66 bits per heavy atom. The van der Waals surface area contributed by atoms with Crippen molar-refractivity contribution < 1.29 is 27.9 Å². The van der Waals surface area contributed by atoms with Crippen molar-refractivity contribution in [2.24, 2.45) is 5.92 Å². The number of rotatable bonds is 11. The van der Waals surface area contributed by atoms with Gasteiger partial charge in [-0.1, -0.05) is 15.9 Å². The molecule has 0 aliphatic heterocycles. The summed E-state index contributed by atoms with van der Waals surface area (Å²) in [5, 5.41) is 2.76. The number of nitrogens with zero attached hydrogens (tertiary/aromatic N) is 4. The predicted molar refractivity (Wildman–Crippen MR) is 143 cm³/mol. The molecule has 3 aromatic rings. The SMILES string of the molecule is COc1nc(N)nc2c1ncn2[C@H]1C[C@@H](COP(=O)(N[C@@H](C)C(=O)OC2CCC2)Oc2ccc(Br)cc2)C1. The summed E-state index contributed by atoms with van der Waals surface area (Å²) in [5.74, 6) is 0.417. The van der Waals surface area contributed by atoms with Gasteiger partial charge >= 0.3 is 13.7 Å². The highest BCUT2D eigenvalue weighted by Crippen LogP contribution is 2.48. The summed E-state index contributed by atoms with van der Waals surface area (Å²) in [7, 11) is -2.40. The Hall–Kier alpha value is -2.73. The maximum atomic E-state index is 13.8. The van der Waals surface area contributed by atoms with E-state index in [2.05, 4.69) is 36.0 Å². The lowest BCUT2D eigenvalue weighted by molar-refractivity contribution is -0.154. The van der Waals surface area contributed by atoms with Crippen LogP contribution in [0.2, 0.25) is 0 Å². The number of nitrogens with one attached hydrogen (secondary N) is 1. The molecule has 2 heterocycles. The molecule has 1 aromatic carbocycles. The molecule has 0 amide bonds. The first-order valence-electron chi connectivity index (χ1n) is 12.4. The second-order valence-electron chi connectivity index (χ2n) is 9.59. The van der Waals surface area contributed by atoms with Gasteiger partial charge in [0, 0.05) is 10.5 Å². The number of nitrogen functional groups attached to an aromatic ring is 1. The third kappa shape index (κ3) is 5.96. The molecule has 2 fully saturated rings. The Balaban J connectivity index is 1.23. The van der Waals surface area contributed by atoms with Crippen LogP contribution < -0.4 is 20.1 Å². The molecule has 2 aromatic heterocycles. The monoisotopic (exact) mass is 608 g/mol. The number of ether oxygens (including phenoxy) is 2. The fourth-order valence-electron chi connectivity index (χ4n) is 4.35. The molecule has 12 nitrogen and oxygen atoms in total. The minimum atomic E-state index is -3.91. The molecule has 5 rings (SSSR count). The van der Waals surface area contributed by atoms with Crippen LogP contribution in [0.1, 0.15) is 45.1 Å². The first-order valence-corrected chi connectivity index (χ1v) is 14.8. The molecular formula is C24H30BrN6O6P. The van der Waals surface area contributed by atoms with Gasteiger partial charge in [0.15, 0.2) is 11.2 Å². The molecule has 1 unspecified atom stereocenters. The minimum Gasteiger partial charge on any atom is -0.479 e. The maximum absolute atomic E-state index is 13.8. The quantitative estimate of drug-likeness (QED) is 0.235. The van der Waals surface area contributed by atoms with Crippen LogP contribution >= 0.6 is 23.7 Å². The van der Waals surface area contributed by atoms with E-state index in [9.17, 15) is 9.36 Å². The van der Waals surface area contributed by atoms with Gasteiger partial charge < -0.3 is 24.3 Å². The number of carbonyl (C=O) groups is 1. The van der Waals surface area contributed by atoms with E-state index in [4.69, 9.17) is 24.3 Å². The van der Waals surface area contributed by atoms with E-state index in [-0.39, 0.29) is 30.6 Å². The number of halogens is 1. The highest BCUT2D eigenvalue weighted by atomic mass is 79.9. The Morgan fingerprint density at radius 2 is 2.00 bits per heavy atom. The van der Waals surface area contributed by atoms with Gasteiger partial charge in [0.05, 0.1) is 20.0 Å². The fourth-order valence-corrected chi connectivity index (χ4v) is 6.18. The average Bonchev–Trinajstić information content (AvgIpc) is 3.24. The van der Waals surface area contributed by atoms with Gasteiger partial charge in [-0.15, -0.1) is 0 Å². The van der Waals surface area contributed by atoms with Crippen LogP contribution in [0.15, 0.2) is 35.1 Å². The number of methoxy groups -OCH3 is 1. The topological polar surface area (TPSA) is 153 Å². The molecule has 2 aliphatic carbocycles. The zero-order valence-electron chi connectivity index (χ0n) is 21.1. The minimum absolute atomic E-state index is 0.0776. The molecule has 2 atom stereocenters. The number of hydrogen-bond donors (Lipinski definition) is 2. The summed E-state index contributed by atoms with van der Waals surface area (Å²) in [5.41, 5.74) is 6.97. The zero-order valence-corrected chi connectivity index (χ0v) is 23.6. The van der Waals surface area contributed by atoms with Crippen LogP contribution in [0.4, 0.5) is 5.95 Å². The van der Waals surface area contributed by atoms with E-state index < -0.39 is 19.8 Å². The van der Waals surface area contributed by atoms with Crippen molar-refractivity contribution in [1.82, 2.24) is 24.6 Å². The molecule has 204 valence electrons. The van der Waals surface area contributed by atoms with Crippen molar-refractivity contribution in [3.8, 4) is 11.6 Å². The van der Waals surface area contributed by atoms with E-state index in [1.54, 1.807) is 37.5 Å².